The third kappa shape index (κ3) is 4.90. The molecule has 1 atom stereocenters. The Morgan fingerprint density at radius 1 is 1.35 bits per heavy atom. The molecule has 1 aromatic carbocycles. The topological polar surface area (TPSA) is 71.0 Å². The minimum absolute atomic E-state index is 0.0495. The monoisotopic (exact) mass is 392 g/mol. The van der Waals surface area contributed by atoms with E-state index < -0.39 is 9.84 Å². The number of benzene rings is 1. The van der Waals surface area contributed by atoms with Gasteiger partial charge < -0.3 is 0 Å². The van der Waals surface area contributed by atoms with Gasteiger partial charge in [0, 0.05) is 6.04 Å². The first kappa shape index (κ1) is 19.0. The van der Waals surface area contributed by atoms with Crippen molar-refractivity contribution in [3.8, 4) is 0 Å². The molecule has 0 spiro atoms. The van der Waals surface area contributed by atoms with Crippen molar-refractivity contribution >= 4 is 34.2 Å². The fourth-order valence-corrected chi connectivity index (χ4v) is 5.15. The van der Waals surface area contributed by atoms with Gasteiger partial charge in [-0.25, -0.2) is 13.1 Å². The Morgan fingerprint density at radius 2 is 2.12 bits per heavy atom. The maximum atomic E-state index is 11.8. The van der Waals surface area contributed by atoms with Crippen LogP contribution < -0.4 is 0 Å². The zero-order valence-corrected chi connectivity index (χ0v) is 16.5. The van der Waals surface area contributed by atoms with Crippen LogP contribution in [0.1, 0.15) is 31.2 Å². The Bertz CT molecular complexity index is 916. The van der Waals surface area contributed by atoms with Gasteiger partial charge in [0.05, 0.1) is 18.2 Å². The minimum Gasteiger partial charge on any atom is -0.280 e. The zero-order chi connectivity index (χ0) is 18.6. The highest BCUT2D eigenvalue weighted by molar-refractivity contribution is 7.91. The first-order chi connectivity index (χ1) is 12.5. The van der Waals surface area contributed by atoms with Gasteiger partial charge in [-0.05, 0) is 43.2 Å². The van der Waals surface area contributed by atoms with Gasteiger partial charge in [0.25, 0.3) is 0 Å². The molecule has 1 N–H and O–H groups in total. The number of aromatic amines is 1. The lowest BCUT2D eigenvalue weighted by atomic mass is 10.2. The number of nitrogens with zero attached hydrogens (tertiary/aromatic N) is 3. The number of sulfone groups is 1. The quantitative estimate of drug-likeness (QED) is 0.734. The third-order valence-electron chi connectivity index (χ3n) is 4.49. The molecule has 1 unspecified atom stereocenters. The van der Waals surface area contributed by atoms with Gasteiger partial charge in [-0.15, -0.1) is 0 Å². The molecule has 8 heteroatoms. The van der Waals surface area contributed by atoms with E-state index in [1.165, 1.54) is 0 Å². The summed E-state index contributed by atoms with van der Waals surface area (Å²) in [5.41, 5.74) is 1.09. The van der Waals surface area contributed by atoms with Crippen LogP contribution >= 0.6 is 12.2 Å². The molecule has 1 saturated heterocycles. The second-order valence-electron chi connectivity index (χ2n) is 6.57. The average Bonchev–Trinajstić information content (AvgIpc) is 3.15. The van der Waals surface area contributed by atoms with Crippen LogP contribution in [0.2, 0.25) is 0 Å². The van der Waals surface area contributed by atoms with Crippen LogP contribution in [0.4, 0.5) is 0 Å². The summed E-state index contributed by atoms with van der Waals surface area (Å²) in [5.74, 6) is 1.20. The number of rotatable bonds is 7. The molecule has 2 aromatic rings. The van der Waals surface area contributed by atoms with Crippen molar-refractivity contribution in [2.24, 2.45) is 0 Å². The Hall–Kier alpha value is -1.77. The summed E-state index contributed by atoms with van der Waals surface area (Å²) in [7, 11) is -2.91. The molecular formula is C18H24N4O2S2. The standard InChI is InChI=1S/C18H24N4O2S2/c1-2-11-21(16-10-12-26(23,24)13-16)14-22-18(25)19-17(20-22)9-8-15-6-4-3-5-7-15/h3-9,16H,2,10-14H2,1H3,(H,19,20,25)/b9-8+. The molecule has 0 radical (unpaired) electrons. The molecule has 1 aliphatic rings. The Labute approximate surface area is 159 Å². The SMILES string of the molecule is CCCN(Cn1[nH]c(/C=C/c2ccccc2)nc1=S)C1CCS(=O)(=O)C1. The third-order valence-corrected chi connectivity index (χ3v) is 6.55. The van der Waals surface area contributed by atoms with Gasteiger partial charge >= 0.3 is 0 Å². The van der Waals surface area contributed by atoms with Crippen molar-refractivity contribution in [3.05, 3.63) is 46.5 Å². The predicted octanol–water partition coefficient (Wildman–Crippen LogP) is 2.97. The van der Waals surface area contributed by atoms with Crippen LogP contribution in [0.5, 0.6) is 0 Å². The van der Waals surface area contributed by atoms with Crippen molar-refractivity contribution in [3.63, 3.8) is 0 Å². The number of aromatic nitrogens is 3. The Kier molecular flexibility index (Phi) is 6.05. The Morgan fingerprint density at radius 3 is 2.77 bits per heavy atom. The van der Waals surface area contributed by atoms with Crippen LogP contribution in [-0.4, -0.2) is 52.2 Å². The van der Waals surface area contributed by atoms with E-state index in [0.29, 0.717) is 23.7 Å². The van der Waals surface area contributed by atoms with Crippen LogP contribution in [-0.2, 0) is 16.5 Å². The highest BCUT2D eigenvalue weighted by Crippen LogP contribution is 2.19. The van der Waals surface area contributed by atoms with E-state index in [0.717, 1.165) is 18.5 Å². The van der Waals surface area contributed by atoms with E-state index in [4.69, 9.17) is 12.2 Å². The first-order valence-corrected chi connectivity index (χ1v) is 11.0. The van der Waals surface area contributed by atoms with E-state index in [9.17, 15) is 8.42 Å². The maximum absolute atomic E-state index is 11.8. The molecule has 2 heterocycles. The van der Waals surface area contributed by atoms with Crippen LogP contribution in [0.3, 0.4) is 0 Å². The summed E-state index contributed by atoms with van der Waals surface area (Å²) in [6.45, 7) is 3.45. The van der Waals surface area contributed by atoms with Crippen molar-refractivity contribution in [1.82, 2.24) is 19.7 Å². The molecule has 0 bridgehead atoms. The molecule has 1 fully saturated rings. The average molecular weight is 393 g/mol. The van der Waals surface area contributed by atoms with Gasteiger partial charge in [-0.1, -0.05) is 43.3 Å². The van der Waals surface area contributed by atoms with Crippen LogP contribution in [0.25, 0.3) is 12.2 Å². The number of nitrogens with one attached hydrogen (secondary N) is 1. The molecule has 1 aromatic heterocycles. The van der Waals surface area contributed by atoms with Crippen molar-refractivity contribution in [1.29, 1.82) is 0 Å². The smallest absolute Gasteiger partial charge is 0.217 e. The van der Waals surface area contributed by atoms with E-state index in [1.807, 2.05) is 42.5 Å². The lowest BCUT2D eigenvalue weighted by Gasteiger charge is -2.27. The van der Waals surface area contributed by atoms with E-state index in [2.05, 4.69) is 21.9 Å². The van der Waals surface area contributed by atoms with Gasteiger partial charge in [-0.2, -0.15) is 4.98 Å². The molecule has 3 rings (SSSR count). The minimum atomic E-state index is -2.91. The van der Waals surface area contributed by atoms with Crippen molar-refractivity contribution < 1.29 is 8.42 Å². The maximum Gasteiger partial charge on any atom is 0.217 e. The largest absolute Gasteiger partial charge is 0.280 e. The predicted molar refractivity (Wildman–Crippen MR) is 107 cm³/mol. The highest BCUT2D eigenvalue weighted by atomic mass is 32.2. The lowest BCUT2D eigenvalue weighted by molar-refractivity contribution is 0.155. The van der Waals surface area contributed by atoms with Gasteiger partial charge in [0.2, 0.25) is 4.77 Å². The number of hydrogen-bond acceptors (Lipinski definition) is 5. The molecule has 140 valence electrons. The molecule has 0 amide bonds. The van der Waals surface area contributed by atoms with Gasteiger partial charge in [-0.3, -0.25) is 10.00 Å². The number of hydrogen-bond donors (Lipinski definition) is 1. The summed E-state index contributed by atoms with van der Waals surface area (Å²) < 4.78 is 25.9. The highest BCUT2D eigenvalue weighted by Gasteiger charge is 2.32. The van der Waals surface area contributed by atoms with E-state index in [1.54, 1.807) is 4.68 Å². The molecule has 26 heavy (non-hydrogen) atoms. The normalized spacial score (nSPS) is 19.5. The van der Waals surface area contributed by atoms with E-state index in [-0.39, 0.29) is 17.5 Å². The van der Waals surface area contributed by atoms with Crippen LogP contribution in [0, 0.1) is 4.77 Å². The Balaban J connectivity index is 1.73. The summed E-state index contributed by atoms with van der Waals surface area (Å²) in [6, 6.07) is 10.0. The molecule has 0 saturated carbocycles. The van der Waals surface area contributed by atoms with Crippen LogP contribution in [0.15, 0.2) is 30.3 Å². The first-order valence-electron chi connectivity index (χ1n) is 8.81. The summed E-state index contributed by atoms with van der Waals surface area (Å²) in [6.07, 6.45) is 5.51. The molecule has 6 nitrogen and oxygen atoms in total. The van der Waals surface area contributed by atoms with Gasteiger partial charge in [0.15, 0.2) is 9.84 Å². The summed E-state index contributed by atoms with van der Waals surface area (Å²) in [4.78, 5) is 6.57. The fraction of sp³-hybridized carbons (Fsp3) is 0.444. The fourth-order valence-electron chi connectivity index (χ4n) is 3.19. The van der Waals surface area contributed by atoms with Crippen molar-refractivity contribution in [2.45, 2.75) is 32.5 Å². The molecular weight excluding hydrogens is 368 g/mol. The lowest BCUT2D eigenvalue weighted by Crippen LogP contribution is -2.38. The van der Waals surface area contributed by atoms with E-state index >= 15 is 0 Å². The second-order valence-corrected chi connectivity index (χ2v) is 9.17. The zero-order valence-electron chi connectivity index (χ0n) is 14.8. The molecule has 0 aliphatic carbocycles. The van der Waals surface area contributed by atoms with Gasteiger partial charge in [0.1, 0.15) is 5.82 Å². The second kappa shape index (κ2) is 8.28. The van der Waals surface area contributed by atoms with Crippen molar-refractivity contribution in [2.75, 3.05) is 18.1 Å². The number of H-pyrrole nitrogens is 1. The molecule has 1 aliphatic heterocycles. The summed E-state index contributed by atoms with van der Waals surface area (Å²) >= 11 is 5.37. The summed E-state index contributed by atoms with van der Waals surface area (Å²) in [5, 5.41) is 3.21.